The van der Waals surface area contributed by atoms with Crippen molar-refractivity contribution in [1.82, 2.24) is 24.6 Å². The maximum absolute atomic E-state index is 13.1. The summed E-state index contributed by atoms with van der Waals surface area (Å²) in [7, 11) is 0. The molecule has 0 saturated heterocycles. The normalized spacial score (nSPS) is 16.2. The van der Waals surface area contributed by atoms with Crippen molar-refractivity contribution in [2.45, 2.75) is 50.5 Å². The topological polar surface area (TPSA) is 81.8 Å². The van der Waals surface area contributed by atoms with Crippen molar-refractivity contribution >= 4 is 40.3 Å². The highest BCUT2D eigenvalue weighted by atomic mass is 35.5. The first-order valence-corrected chi connectivity index (χ1v) is 10.8. The second-order valence-electron chi connectivity index (χ2n) is 8.07. The molecular weight excluding hydrogens is 410 g/mol. The number of hydrogen-bond acceptors (Lipinski definition) is 5. The molecule has 1 N–H and O–H groups in total. The molecule has 1 atom stereocenters. The van der Waals surface area contributed by atoms with Crippen molar-refractivity contribution in [2.24, 2.45) is 0 Å². The third-order valence-corrected chi connectivity index (χ3v) is 6.33. The average molecular weight is 432 g/mol. The number of amides is 1. The van der Waals surface area contributed by atoms with Crippen molar-refractivity contribution < 1.29 is 4.79 Å². The molecule has 0 fully saturated rings. The van der Waals surface area contributed by atoms with Gasteiger partial charge in [0.2, 0.25) is 5.91 Å². The van der Waals surface area contributed by atoms with Crippen molar-refractivity contribution in [1.29, 1.82) is 0 Å². The summed E-state index contributed by atoms with van der Waals surface area (Å²) in [4.78, 5) is 30.3. The maximum atomic E-state index is 13.1. The fourth-order valence-corrected chi connectivity index (χ4v) is 4.73. The molecule has 7 nitrogen and oxygen atoms in total. The Hall–Kier alpha value is -2.32. The summed E-state index contributed by atoms with van der Waals surface area (Å²) in [6.07, 6.45) is 1.78. The smallest absolute Gasteiger partial charge is 0.265 e. The van der Waals surface area contributed by atoms with E-state index in [0.717, 1.165) is 5.56 Å². The predicted octanol–water partition coefficient (Wildman–Crippen LogP) is 3.35. The van der Waals surface area contributed by atoms with Crippen LogP contribution in [-0.4, -0.2) is 31.0 Å². The van der Waals surface area contributed by atoms with Gasteiger partial charge in [-0.1, -0.05) is 41.6 Å². The lowest BCUT2D eigenvalue weighted by atomic mass is 10.1. The number of rotatable bonds is 4. The van der Waals surface area contributed by atoms with Crippen LogP contribution in [0.3, 0.4) is 0 Å². The third kappa shape index (κ3) is 3.79. The fraction of sp³-hybridized carbons (Fsp3) is 0.400. The molecule has 0 spiro atoms. The van der Waals surface area contributed by atoms with E-state index in [-0.39, 0.29) is 29.5 Å². The van der Waals surface area contributed by atoms with Gasteiger partial charge in [-0.15, -0.1) is 0 Å². The molecule has 1 amide bonds. The van der Waals surface area contributed by atoms with E-state index in [0.29, 0.717) is 33.5 Å². The summed E-state index contributed by atoms with van der Waals surface area (Å²) in [5.74, 6) is 0.512. The van der Waals surface area contributed by atoms with Gasteiger partial charge in [0.15, 0.2) is 10.8 Å². The van der Waals surface area contributed by atoms with Gasteiger partial charge in [0.1, 0.15) is 5.39 Å². The van der Waals surface area contributed by atoms with Gasteiger partial charge in [-0.05, 0) is 32.4 Å². The number of fused-ring (bicyclic) bond motifs is 2. The number of aromatic nitrogens is 4. The number of benzene rings is 1. The first kappa shape index (κ1) is 20.0. The van der Waals surface area contributed by atoms with Crippen LogP contribution < -0.4 is 10.9 Å². The molecule has 0 radical (unpaired) electrons. The summed E-state index contributed by atoms with van der Waals surface area (Å²) < 4.78 is 3.41. The lowest BCUT2D eigenvalue weighted by Gasteiger charge is -2.20. The largest absolute Gasteiger partial charge is 0.352 e. The van der Waals surface area contributed by atoms with Crippen LogP contribution >= 0.6 is 23.4 Å². The van der Waals surface area contributed by atoms with E-state index in [4.69, 9.17) is 11.6 Å². The molecule has 2 aromatic heterocycles. The quantitative estimate of drug-likeness (QED) is 0.640. The van der Waals surface area contributed by atoms with E-state index < -0.39 is 0 Å². The Morgan fingerprint density at radius 2 is 2.10 bits per heavy atom. The lowest BCUT2D eigenvalue weighted by Crippen LogP contribution is -2.31. The van der Waals surface area contributed by atoms with Gasteiger partial charge in [0, 0.05) is 23.7 Å². The van der Waals surface area contributed by atoms with Crippen LogP contribution in [-0.2, 0) is 16.9 Å². The molecule has 3 aromatic rings. The Bertz CT molecular complexity index is 1150. The first-order valence-electron chi connectivity index (χ1n) is 9.39. The zero-order chi connectivity index (χ0) is 20.8. The van der Waals surface area contributed by atoms with E-state index in [1.807, 2.05) is 39.0 Å². The van der Waals surface area contributed by atoms with Gasteiger partial charge in [0.05, 0.1) is 17.8 Å². The van der Waals surface area contributed by atoms with Crippen molar-refractivity contribution in [2.75, 3.05) is 5.75 Å². The van der Waals surface area contributed by atoms with E-state index >= 15 is 0 Å². The minimum absolute atomic E-state index is 0.124. The molecule has 1 unspecified atom stereocenters. The zero-order valence-corrected chi connectivity index (χ0v) is 18.0. The summed E-state index contributed by atoms with van der Waals surface area (Å²) in [5, 5.41) is 8.99. The van der Waals surface area contributed by atoms with Gasteiger partial charge in [-0.2, -0.15) is 5.10 Å². The molecule has 0 saturated carbocycles. The number of hydrogen-bond donors (Lipinski definition) is 1. The van der Waals surface area contributed by atoms with Crippen molar-refractivity contribution in [3.05, 3.63) is 51.4 Å². The van der Waals surface area contributed by atoms with E-state index in [1.54, 1.807) is 21.5 Å². The van der Waals surface area contributed by atoms with Crippen LogP contribution in [0.1, 0.15) is 38.8 Å². The number of thioether (sulfide) groups is 1. The SMILES string of the molecule is CC(C)(C)n1ncc2c(=O)n3c(nc21)SCC3CC(=O)NCc1ccccc1Cl. The van der Waals surface area contributed by atoms with Gasteiger partial charge >= 0.3 is 0 Å². The highest BCUT2D eigenvalue weighted by Gasteiger charge is 2.30. The molecule has 4 rings (SSSR count). The van der Waals surface area contributed by atoms with Crippen molar-refractivity contribution in [3.63, 3.8) is 0 Å². The standard InChI is InChI=1S/C20H22ClN5O2S/c1-20(2,3)26-17-14(10-23-26)18(28)25-13(11-29-19(25)24-17)8-16(27)22-9-12-6-4-5-7-15(12)21/h4-7,10,13H,8-9,11H2,1-3H3,(H,22,27). The molecule has 1 aliphatic rings. The van der Waals surface area contributed by atoms with E-state index in [2.05, 4.69) is 15.4 Å². The van der Waals surface area contributed by atoms with Crippen molar-refractivity contribution in [3.8, 4) is 0 Å². The van der Waals surface area contributed by atoms with Gasteiger partial charge in [-0.25, -0.2) is 9.67 Å². The van der Waals surface area contributed by atoms with Crippen LogP contribution in [0, 0.1) is 0 Å². The minimum atomic E-state index is -0.276. The zero-order valence-electron chi connectivity index (χ0n) is 16.5. The Kier molecular flexibility index (Phi) is 5.16. The lowest BCUT2D eigenvalue weighted by molar-refractivity contribution is -0.121. The van der Waals surface area contributed by atoms with Crippen LogP contribution in [0.2, 0.25) is 5.02 Å². The van der Waals surface area contributed by atoms with Gasteiger partial charge in [-0.3, -0.25) is 14.2 Å². The van der Waals surface area contributed by atoms with Crippen LogP contribution in [0.4, 0.5) is 0 Å². The highest BCUT2D eigenvalue weighted by Crippen LogP contribution is 2.33. The number of nitrogens with one attached hydrogen (secondary N) is 1. The molecule has 0 bridgehead atoms. The van der Waals surface area contributed by atoms with E-state index in [9.17, 15) is 9.59 Å². The molecule has 3 heterocycles. The van der Waals surface area contributed by atoms with Crippen LogP contribution in [0.15, 0.2) is 40.4 Å². The van der Waals surface area contributed by atoms with Crippen LogP contribution in [0.5, 0.6) is 0 Å². The summed E-state index contributed by atoms with van der Waals surface area (Å²) >= 11 is 7.64. The van der Waals surface area contributed by atoms with Gasteiger partial charge < -0.3 is 5.32 Å². The average Bonchev–Trinajstić information content (AvgIpc) is 3.26. The highest BCUT2D eigenvalue weighted by molar-refractivity contribution is 7.99. The molecule has 1 aliphatic heterocycles. The molecule has 1 aromatic carbocycles. The summed E-state index contributed by atoms with van der Waals surface area (Å²) in [6, 6.07) is 7.17. The summed E-state index contributed by atoms with van der Waals surface area (Å²) in [5.41, 5.74) is 1.03. The molecular formula is C20H22ClN5O2S. The Balaban J connectivity index is 1.55. The number of carbonyl (C=O) groups excluding carboxylic acids is 1. The fourth-order valence-electron chi connectivity index (χ4n) is 3.39. The molecule has 0 aliphatic carbocycles. The predicted molar refractivity (Wildman–Crippen MR) is 114 cm³/mol. The Morgan fingerprint density at radius 1 is 1.34 bits per heavy atom. The molecule has 9 heteroatoms. The Morgan fingerprint density at radius 3 is 2.83 bits per heavy atom. The third-order valence-electron chi connectivity index (χ3n) is 4.86. The van der Waals surface area contributed by atoms with Gasteiger partial charge in [0.25, 0.3) is 5.56 Å². The molecule has 29 heavy (non-hydrogen) atoms. The minimum Gasteiger partial charge on any atom is -0.352 e. The second kappa shape index (κ2) is 7.50. The monoisotopic (exact) mass is 431 g/mol. The number of halogens is 1. The van der Waals surface area contributed by atoms with Crippen LogP contribution in [0.25, 0.3) is 11.0 Å². The summed E-state index contributed by atoms with van der Waals surface area (Å²) in [6.45, 7) is 6.41. The van der Waals surface area contributed by atoms with E-state index in [1.165, 1.54) is 11.8 Å². The first-order chi connectivity index (χ1) is 13.8. The number of carbonyl (C=O) groups is 1. The molecule has 152 valence electrons. The Labute approximate surface area is 177 Å². The maximum Gasteiger partial charge on any atom is 0.265 e. The number of nitrogens with zero attached hydrogens (tertiary/aromatic N) is 4. The second-order valence-corrected chi connectivity index (χ2v) is 9.47.